The molecule has 4 heteroatoms. The second kappa shape index (κ2) is 11.5. The maximum atomic E-state index is 5.51. The van der Waals surface area contributed by atoms with E-state index in [1.807, 2.05) is 12.1 Å². The molecule has 4 nitrogen and oxygen atoms in total. The molecule has 0 saturated carbocycles. The van der Waals surface area contributed by atoms with Gasteiger partial charge in [0.15, 0.2) is 0 Å². The van der Waals surface area contributed by atoms with E-state index in [0.29, 0.717) is 0 Å². The van der Waals surface area contributed by atoms with Crippen LogP contribution in [0.2, 0.25) is 0 Å². The third-order valence-corrected chi connectivity index (χ3v) is 3.37. The molecule has 0 saturated heterocycles. The molecule has 0 atom stereocenters. The number of rotatable bonds is 12. The molecule has 0 heterocycles. The first-order chi connectivity index (χ1) is 10.3. The van der Waals surface area contributed by atoms with Gasteiger partial charge in [0.25, 0.3) is 0 Å². The summed E-state index contributed by atoms with van der Waals surface area (Å²) in [4.78, 5) is 2.29. The molecular formula is C17H30N2O2. The van der Waals surface area contributed by atoms with Crippen LogP contribution < -0.4 is 10.1 Å². The summed E-state index contributed by atoms with van der Waals surface area (Å²) in [6.07, 6.45) is 2.35. The zero-order chi connectivity index (χ0) is 15.3. The van der Waals surface area contributed by atoms with E-state index < -0.39 is 0 Å². The first-order valence-corrected chi connectivity index (χ1v) is 7.86. The summed E-state index contributed by atoms with van der Waals surface area (Å²) in [7, 11) is 3.85. The highest BCUT2D eigenvalue weighted by molar-refractivity contribution is 5.32. The molecule has 0 aliphatic carbocycles. The van der Waals surface area contributed by atoms with Crippen molar-refractivity contribution in [3.63, 3.8) is 0 Å². The number of unbranched alkanes of at least 4 members (excludes halogenated alkanes) is 1. The van der Waals surface area contributed by atoms with E-state index in [1.165, 1.54) is 12.0 Å². The van der Waals surface area contributed by atoms with Crippen molar-refractivity contribution in [1.82, 2.24) is 10.2 Å². The molecule has 0 unspecified atom stereocenters. The van der Waals surface area contributed by atoms with E-state index >= 15 is 0 Å². The largest absolute Gasteiger partial charge is 0.496 e. The Balaban J connectivity index is 2.10. The minimum absolute atomic E-state index is 0.802. The average molecular weight is 294 g/mol. The number of ether oxygens (including phenoxy) is 2. The number of methoxy groups -OCH3 is 1. The van der Waals surface area contributed by atoms with Crippen LogP contribution in [-0.4, -0.2) is 51.9 Å². The van der Waals surface area contributed by atoms with Crippen molar-refractivity contribution >= 4 is 0 Å². The highest BCUT2D eigenvalue weighted by Gasteiger charge is 2.05. The van der Waals surface area contributed by atoms with Crippen molar-refractivity contribution in [3.05, 3.63) is 29.8 Å². The van der Waals surface area contributed by atoms with E-state index in [1.54, 1.807) is 7.11 Å². The van der Waals surface area contributed by atoms with Crippen LogP contribution in [0.4, 0.5) is 0 Å². The quantitative estimate of drug-likeness (QED) is 0.601. The molecular weight excluding hydrogens is 264 g/mol. The average Bonchev–Trinajstić information content (AvgIpc) is 2.50. The van der Waals surface area contributed by atoms with E-state index in [9.17, 15) is 0 Å². The molecule has 1 N–H and O–H groups in total. The number of para-hydroxylation sites is 1. The third kappa shape index (κ3) is 8.05. The maximum absolute atomic E-state index is 5.51. The second-order valence-corrected chi connectivity index (χ2v) is 5.27. The first kappa shape index (κ1) is 18.0. The van der Waals surface area contributed by atoms with Crippen LogP contribution in [0, 0.1) is 0 Å². The van der Waals surface area contributed by atoms with Gasteiger partial charge < -0.3 is 19.7 Å². The summed E-state index contributed by atoms with van der Waals surface area (Å²) in [5, 5.41) is 3.41. The molecule has 0 bridgehead atoms. The highest BCUT2D eigenvalue weighted by Crippen LogP contribution is 2.18. The van der Waals surface area contributed by atoms with Crippen molar-refractivity contribution in [2.45, 2.75) is 26.3 Å². The molecule has 0 aliphatic heterocycles. The van der Waals surface area contributed by atoms with Gasteiger partial charge in [0.05, 0.1) is 13.7 Å². The van der Waals surface area contributed by atoms with Crippen molar-refractivity contribution in [1.29, 1.82) is 0 Å². The van der Waals surface area contributed by atoms with Gasteiger partial charge in [-0.25, -0.2) is 0 Å². The summed E-state index contributed by atoms with van der Waals surface area (Å²) in [6.45, 7) is 7.67. The van der Waals surface area contributed by atoms with Gasteiger partial charge in [-0.1, -0.05) is 31.5 Å². The van der Waals surface area contributed by atoms with Crippen LogP contribution >= 0.6 is 0 Å². The maximum Gasteiger partial charge on any atom is 0.123 e. The summed E-state index contributed by atoms with van der Waals surface area (Å²) >= 11 is 0. The Hall–Kier alpha value is -1.10. The molecule has 21 heavy (non-hydrogen) atoms. The molecule has 0 fully saturated rings. The van der Waals surface area contributed by atoms with Crippen molar-refractivity contribution < 1.29 is 9.47 Å². The van der Waals surface area contributed by atoms with E-state index in [2.05, 4.69) is 36.3 Å². The molecule has 0 radical (unpaired) electrons. The number of hydrogen-bond donors (Lipinski definition) is 1. The highest BCUT2D eigenvalue weighted by atomic mass is 16.5. The van der Waals surface area contributed by atoms with Crippen molar-refractivity contribution in [2.75, 3.05) is 47.0 Å². The summed E-state index contributed by atoms with van der Waals surface area (Å²) in [5.74, 6) is 0.960. The topological polar surface area (TPSA) is 33.7 Å². The summed E-state index contributed by atoms with van der Waals surface area (Å²) in [6, 6.07) is 8.18. The molecule has 120 valence electrons. The van der Waals surface area contributed by atoms with Gasteiger partial charge in [-0.15, -0.1) is 0 Å². The van der Waals surface area contributed by atoms with Gasteiger partial charge >= 0.3 is 0 Å². The minimum atomic E-state index is 0.802. The van der Waals surface area contributed by atoms with Gasteiger partial charge in [0.2, 0.25) is 0 Å². The zero-order valence-electron chi connectivity index (χ0n) is 13.7. The number of likely N-dealkylation sites (N-methyl/N-ethyl adjacent to an activating group) is 1. The molecule has 1 rings (SSSR count). The normalized spacial score (nSPS) is 11.0. The van der Waals surface area contributed by atoms with E-state index in [-0.39, 0.29) is 0 Å². The van der Waals surface area contributed by atoms with Crippen LogP contribution in [0.15, 0.2) is 24.3 Å². The predicted molar refractivity (Wildman–Crippen MR) is 87.9 cm³/mol. The van der Waals surface area contributed by atoms with Crippen LogP contribution in [-0.2, 0) is 11.3 Å². The zero-order valence-corrected chi connectivity index (χ0v) is 13.7. The van der Waals surface area contributed by atoms with Crippen LogP contribution in [0.25, 0.3) is 0 Å². The van der Waals surface area contributed by atoms with E-state index in [0.717, 1.165) is 51.6 Å². The van der Waals surface area contributed by atoms with Gasteiger partial charge in [-0.05, 0) is 19.5 Å². The predicted octanol–water partition coefficient (Wildman–Crippen LogP) is 2.53. The fraction of sp³-hybridized carbons (Fsp3) is 0.647. The van der Waals surface area contributed by atoms with Gasteiger partial charge in [-0.3, -0.25) is 0 Å². The van der Waals surface area contributed by atoms with Gasteiger partial charge in [0, 0.05) is 38.3 Å². The number of nitrogens with one attached hydrogen (secondary N) is 1. The lowest BCUT2D eigenvalue weighted by Crippen LogP contribution is -2.31. The minimum Gasteiger partial charge on any atom is -0.496 e. The SMILES string of the molecule is CCCCOCCNCCN(C)Cc1ccccc1OC. The van der Waals surface area contributed by atoms with Crippen LogP contribution in [0.3, 0.4) is 0 Å². The Kier molecular flexibility index (Phi) is 9.87. The first-order valence-electron chi connectivity index (χ1n) is 7.86. The molecule has 0 aliphatic rings. The Labute approximate surface area is 129 Å². The summed E-state index contributed by atoms with van der Waals surface area (Å²) < 4.78 is 10.9. The second-order valence-electron chi connectivity index (χ2n) is 5.27. The Morgan fingerprint density at radius 1 is 1.14 bits per heavy atom. The number of benzene rings is 1. The fourth-order valence-corrected chi connectivity index (χ4v) is 2.09. The Morgan fingerprint density at radius 2 is 1.95 bits per heavy atom. The van der Waals surface area contributed by atoms with Crippen molar-refractivity contribution in [3.8, 4) is 5.75 Å². The molecule has 0 spiro atoms. The molecule has 1 aromatic rings. The summed E-state index contributed by atoms with van der Waals surface area (Å²) in [5.41, 5.74) is 1.23. The standard InChI is InChI=1S/C17H30N2O2/c1-4-5-13-21-14-11-18-10-12-19(2)15-16-8-6-7-9-17(16)20-3/h6-9,18H,4-5,10-15H2,1-3H3. The molecule has 0 aromatic heterocycles. The van der Waals surface area contributed by atoms with Crippen LogP contribution in [0.1, 0.15) is 25.3 Å². The molecule has 1 aromatic carbocycles. The Bertz CT molecular complexity index is 372. The Morgan fingerprint density at radius 3 is 2.71 bits per heavy atom. The smallest absolute Gasteiger partial charge is 0.123 e. The monoisotopic (exact) mass is 294 g/mol. The number of nitrogens with zero attached hydrogens (tertiary/aromatic N) is 1. The lowest BCUT2D eigenvalue weighted by Gasteiger charge is -2.18. The van der Waals surface area contributed by atoms with Gasteiger partial charge in [0.1, 0.15) is 5.75 Å². The molecule has 0 amide bonds. The van der Waals surface area contributed by atoms with Crippen LogP contribution in [0.5, 0.6) is 5.75 Å². The van der Waals surface area contributed by atoms with Gasteiger partial charge in [-0.2, -0.15) is 0 Å². The third-order valence-electron chi connectivity index (χ3n) is 3.37. The van der Waals surface area contributed by atoms with Crippen molar-refractivity contribution in [2.24, 2.45) is 0 Å². The number of hydrogen-bond acceptors (Lipinski definition) is 4. The lowest BCUT2D eigenvalue weighted by atomic mass is 10.2. The van der Waals surface area contributed by atoms with E-state index in [4.69, 9.17) is 9.47 Å². The lowest BCUT2D eigenvalue weighted by molar-refractivity contribution is 0.132. The fourth-order valence-electron chi connectivity index (χ4n) is 2.09.